The summed E-state index contributed by atoms with van der Waals surface area (Å²) in [5, 5.41) is 10.3. The lowest BCUT2D eigenvalue weighted by Crippen LogP contribution is -2.37. The van der Waals surface area contributed by atoms with E-state index in [1.807, 2.05) is 24.3 Å². The van der Waals surface area contributed by atoms with Crippen LogP contribution in [0.1, 0.15) is 25.5 Å². The lowest BCUT2D eigenvalue weighted by atomic mass is 10.1. The van der Waals surface area contributed by atoms with Crippen molar-refractivity contribution in [3.8, 4) is 5.75 Å². The topological polar surface area (TPSA) is 41.9 Å². The quantitative estimate of drug-likeness (QED) is 0.783. The first-order valence-electron chi connectivity index (χ1n) is 6.63. The summed E-state index contributed by atoms with van der Waals surface area (Å²) < 4.78 is 10.2. The molecule has 19 heavy (non-hydrogen) atoms. The molecule has 1 aromatic carbocycles. The van der Waals surface area contributed by atoms with Crippen LogP contribution in [-0.4, -0.2) is 50.0 Å². The van der Waals surface area contributed by atoms with Gasteiger partial charge in [-0.1, -0.05) is 12.1 Å². The Labute approximate surface area is 115 Å². The lowest BCUT2D eigenvalue weighted by Gasteiger charge is -2.28. The van der Waals surface area contributed by atoms with Gasteiger partial charge in [-0.15, -0.1) is 0 Å². The summed E-state index contributed by atoms with van der Waals surface area (Å²) in [6.45, 7) is 6.34. The highest BCUT2D eigenvalue weighted by molar-refractivity contribution is 5.28. The second-order valence-corrected chi connectivity index (χ2v) is 4.87. The molecule has 0 aliphatic carbocycles. The molecular weight excluding hydrogens is 242 g/mol. The number of rotatable bonds is 8. The molecule has 1 aromatic rings. The molecule has 0 spiro atoms. The van der Waals surface area contributed by atoms with E-state index in [1.54, 1.807) is 14.2 Å². The molecule has 1 unspecified atom stereocenters. The van der Waals surface area contributed by atoms with Gasteiger partial charge in [-0.25, -0.2) is 0 Å². The summed E-state index contributed by atoms with van der Waals surface area (Å²) >= 11 is 0. The summed E-state index contributed by atoms with van der Waals surface area (Å²) in [6, 6.07) is 7.92. The average molecular weight is 267 g/mol. The van der Waals surface area contributed by atoms with Gasteiger partial charge in [-0.05, 0) is 31.5 Å². The standard InChI is InChI=1S/C15H25NO3/c1-12(2)16(9-10-18-3)11-15(17)13-5-7-14(19-4)8-6-13/h5-8,12,15,17H,9-11H2,1-4H3. The summed E-state index contributed by atoms with van der Waals surface area (Å²) in [6.07, 6.45) is -0.495. The van der Waals surface area contributed by atoms with Gasteiger partial charge in [0.1, 0.15) is 5.75 Å². The van der Waals surface area contributed by atoms with Crippen molar-refractivity contribution in [3.63, 3.8) is 0 Å². The number of hydrogen-bond acceptors (Lipinski definition) is 4. The zero-order valence-corrected chi connectivity index (χ0v) is 12.3. The number of hydrogen-bond donors (Lipinski definition) is 1. The minimum absolute atomic E-state index is 0.378. The Morgan fingerprint density at radius 2 is 1.79 bits per heavy atom. The third-order valence-electron chi connectivity index (χ3n) is 3.22. The number of aliphatic hydroxyl groups is 1. The average Bonchev–Trinajstić information content (AvgIpc) is 2.43. The normalized spacial score (nSPS) is 13.0. The van der Waals surface area contributed by atoms with Crippen LogP contribution < -0.4 is 4.74 Å². The first-order valence-corrected chi connectivity index (χ1v) is 6.63. The lowest BCUT2D eigenvalue weighted by molar-refractivity contribution is 0.0721. The van der Waals surface area contributed by atoms with E-state index in [1.165, 1.54) is 0 Å². The highest BCUT2D eigenvalue weighted by atomic mass is 16.5. The molecule has 1 rings (SSSR count). The van der Waals surface area contributed by atoms with Crippen LogP contribution in [0.5, 0.6) is 5.75 Å². The van der Waals surface area contributed by atoms with Crippen molar-refractivity contribution in [3.05, 3.63) is 29.8 Å². The fourth-order valence-electron chi connectivity index (χ4n) is 1.92. The Bertz CT molecular complexity index is 351. The second-order valence-electron chi connectivity index (χ2n) is 4.87. The van der Waals surface area contributed by atoms with Crippen LogP contribution in [0.25, 0.3) is 0 Å². The van der Waals surface area contributed by atoms with Crippen LogP contribution in [0.4, 0.5) is 0 Å². The highest BCUT2D eigenvalue weighted by Crippen LogP contribution is 2.19. The number of ether oxygens (including phenoxy) is 2. The minimum Gasteiger partial charge on any atom is -0.497 e. The maximum atomic E-state index is 10.3. The third-order valence-corrected chi connectivity index (χ3v) is 3.22. The van der Waals surface area contributed by atoms with Gasteiger partial charge in [0.05, 0.1) is 19.8 Å². The van der Waals surface area contributed by atoms with E-state index < -0.39 is 6.10 Å². The van der Waals surface area contributed by atoms with Crippen LogP contribution >= 0.6 is 0 Å². The van der Waals surface area contributed by atoms with E-state index >= 15 is 0 Å². The largest absolute Gasteiger partial charge is 0.497 e. The molecule has 0 fully saturated rings. The summed E-state index contributed by atoms with van der Waals surface area (Å²) in [5.41, 5.74) is 0.906. The van der Waals surface area contributed by atoms with E-state index in [0.29, 0.717) is 19.2 Å². The van der Waals surface area contributed by atoms with Crippen molar-refractivity contribution in [1.82, 2.24) is 4.90 Å². The Hall–Kier alpha value is -1.10. The van der Waals surface area contributed by atoms with Crippen LogP contribution in [-0.2, 0) is 4.74 Å². The van der Waals surface area contributed by atoms with Crippen LogP contribution in [0, 0.1) is 0 Å². The van der Waals surface area contributed by atoms with Gasteiger partial charge >= 0.3 is 0 Å². The number of benzene rings is 1. The summed E-state index contributed by atoms with van der Waals surface area (Å²) in [4.78, 5) is 2.21. The van der Waals surface area contributed by atoms with Crippen molar-refractivity contribution in [1.29, 1.82) is 0 Å². The van der Waals surface area contributed by atoms with Crippen LogP contribution in [0.2, 0.25) is 0 Å². The first kappa shape index (κ1) is 16.0. The van der Waals surface area contributed by atoms with Gasteiger partial charge in [-0.3, -0.25) is 4.90 Å². The van der Waals surface area contributed by atoms with Gasteiger partial charge in [0.2, 0.25) is 0 Å². The van der Waals surface area contributed by atoms with E-state index in [2.05, 4.69) is 18.7 Å². The smallest absolute Gasteiger partial charge is 0.118 e. The van der Waals surface area contributed by atoms with Gasteiger partial charge in [0, 0.05) is 26.2 Å². The summed E-state index contributed by atoms with van der Waals surface area (Å²) in [5.74, 6) is 0.802. The number of methoxy groups -OCH3 is 2. The Morgan fingerprint density at radius 3 is 2.26 bits per heavy atom. The molecule has 0 saturated heterocycles. The van der Waals surface area contributed by atoms with Crippen LogP contribution in [0.15, 0.2) is 24.3 Å². The minimum atomic E-state index is -0.495. The Kier molecular flexibility index (Phi) is 6.84. The zero-order valence-electron chi connectivity index (χ0n) is 12.3. The molecule has 0 saturated carbocycles. The first-order chi connectivity index (χ1) is 9.08. The maximum absolute atomic E-state index is 10.3. The van der Waals surface area contributed by atoms with Crippen molar-refractivity contribution >= 4 is 0 Å². The van der Waals surface area contributed by atoms with Gasteiger partial charge in [0.15, 0.2) is 0 Å². The van der Waals surface area contributed by atoms with Crippen LogP contribution in [0.3, 0.4) is 0 Å². The highest BCUT2D eigenvalue weighted by Gasteiger charge is 2.15. The van der Waals surface area contributed by atoms with Gasteiger partial charge in [0.25, 0.3) is 0 Å². The van der Waals surface area contributed by atoms with Crippen molar-refractivity contribution in [2.75, 3.05) is 33.9 Å². The van der Waals surface area contributed by atoms with E-state index in [-0.39, 0.29) is 0 Å². The number of nitrogens with zero attached hydrogens (tertiary/aromatic N) is 1. The Morgan fingerprint density at radius 1 is 1.16 bits per heavy atom. The fourth-order valence-corrected chi connectivity index (χ4v) is 1.92. The van der Waals surface area contributed by atoms with Crippen molar-refractivity contribution < 1.29 is 14.6 Å². The molecule has 108 valence electrons. The molecule has 0 heterocycles. The molecule has 1 N–H and O–H groups in total. The fraction of sp³-hybridized carbons (Fsp3) is 0.600. The Balaban J connectivity index is 2.61. The molecule has 4 heteroatoms. The summed E-state index contributed by atoms with van der Waals surface area (Å²) in [7, 11) is 3.33. The van der Waals surface area contributed by atoms with E-state index in [4.69, 9.17) is 9.47 Å². The number of aliphatic hydroxyl groups excluding tert-OH is 1. The molecular formula is C15H25NO3. The van der Waals surface area contributed by atoms with E-state index in [9.17, 15) is 5.11 Å². The zero-order chi connectivity index (χ0) is 14.3. The van der Waals surface area contributed by atoms with Gasteiger partial charge < -0.3 is 14.6 Å². The predicted octanol–water partition coefficient (Wildman–Crippen LogP) is 2.09. The molecule has 1 atom stereocenters. The maximum Gasteiger partial charge on any atom is 0.118 e. The second kappa shape index (κ2) is 8.15. The SMILES string of the molecule is COCCN(CC(O)c1ccc(OC)cc1)C(C)C. The molecule has 0 radical (unpaired) electrons. The molecule has 0 amide bonds. The molecule has 0 aliphatic rings. The predicted molar refractivity (Wildman–Crippen MR) is 76.5 cm³/mol. The van der Waals surface area contributed by atoms with Gasteiger partial charge in [-0.2, -0.15) is 0 Å². The third kappa shape index (κ3) is 5.19. The molecule has 0 bridgehead atoms. The molecule has 0 aliphatic heterocycles. The van der Waals surface area contributed by atoms with Crippen molar-refractivity contribution in [2.24, 2.45) is 0 Å². The van der Waals surface area contributed by atoms with E-state index in [0.717, 1.165) is 17.9 Å². The monoisotopic (exact) mass is 267 g/mol. The molecule has 0 aromatic heterocycles. The molecule has 4 nitrogen and oxygen atoms in total. The van der Waals surface area contributed by atoms with Crippen molar-refractivity contribution in [2.45, 2.75) is 26.0 Å².